The number of nitrogens with zero attached hydrogens (tertiary/aromatic N) is 3. The van der Waals surface area contributed by atoms with Crippen molar-refractivity contribution in [2.75, 3.05) is 31.1 Å². The Morgan fingerprint density at radius 2 is 1.82 bits per heavy atom. The Bertz CT molecular complexity index is 498. The van der Waals surface area contributed by atoms with Crippen LogP contribution in [0.5, 0.6) is 0 Å². The average molecular weight is 305 g/mol. The minimum atomic E-state index is -0.442. The van der Waals surface area contributed by atoms with Gasteiger partial charge in [0.25, 0.3) is 0 Å². The summed E-state index contributed by atoms with van der Waals surface area (Å²) >= 11 is 0. The number of rotatable bonds is 2. The van der Waals surface area contributed by atoms with Crippen molar-refractivity contribution >= 4 is 11.9 Å². The zero-order chi connectivity index (χ0) is 16.3. The molecule has 0 radical (unpaired) electrons. The van der Waals surface area contributed by atoms with E-state index >= 15 is 0 Å². The summed E-state index contributed by atoms with van der Waals surface area (Å²) in [6, 6.07) is 4.20. The summed E-state index contributed by atoms with van der Waals surface area (Å²) < 4.78 is 5.41. The Kier molecular flexibility index (Phi) is 4.94. The van der Waals surface area contributed by atoms with Crippen molar-refractivity contribution < 1.29 is 9.53 Å². The predicted molar refractivity (Wildman–Crippen MR) is 88.3 cm³/mol. The number of hydrogen-bond donors (Lipinski definition) is 0. The highest BCUT2D eigenvalue weighted by molar-refractivity contribution is 5.68. The first-order valence-electron chi connectivity index (χ1n) is 7.95. The highest BCUT2D eigenvalue weighted by atomic mass is 16.6. The molecule has 0 spiro atoms. The zero-order valence-electron chi connectivity index (χ0n) is 14.3. The average Bonchev–Trinajstić information content (AvgIpc) is 2.46. The number of aromatic nitrogens is 1. The second-order valence-corrected chi connectivity index (χ2v) is 7.06. The van der Waals surface area contributed by atoms with E-state index in [0.717, 1.165) is 18.9 Å². The lowest BCUT2D eigenvalue weighted by molar-refractivity contribution is 0.0240. The lowest BCUT2D eigenvalue weighted by Gasteiger charge is -2.36. The van der Waals surface area contributed by atoms with Crippen molar-refractivity contribution in [3.63, 3.8) is 0 Å². The van der Waals surface area contributed by atoms with Gasteiger partial charge in [0.15, 0.2) is 0 Å². The van der Waals surface area contributed by atoms with Crippen molar-refractivity contribution in [1.82, 2.24) is 9.88 Å². The molecule has 5 nitrogen and oxygen atoms in total. The molecule has 1 aromatic rings. The molecule has 0 N–H and O–H groups in total. The zero-order valence-corrected chi connectivity index (χ0v) is 14.3. The summed E-state index contributed by atoms with van der Waals surface area (Å²) in [5.41, 5.74) is 0.804. The Morgan fingerprint density at radius 1 is 1.18 bits per heavy atom. The quantitative estimate of drug-likeness (QED) is 0.841. The van der Waals surface area contributed by atoms with E-state index in [-0.39, 0.29) is 6.09 Å². The number of amides is 1. The van der Waals surface area contributed by atoms with E-state index in [1.807, 2.05) is 27.0 Å². The van der Waals surface area contributed by atoms with Gasteiger partial charge in [-0.3, -0.25) is 0 Å². The van der Waals surface area contributed by atoms with Crippen LogP contribution in [-0.2, 0) is 4.74 Å². The molecule has 2 rings (SSSR count). The molecule has 0 unspecified atom stereocenters. The summed E-state index contributed by atoms with van der Waals surface area (Å²) in [6.07, 6.45) is 1.72. The molecule has 1 aliphatic rings. The summed E-state index contributed by atoms with van der Waals surface area (Å²) in [5.74, 6) is 1.47. The Balaban J connectivity index is 1.90. The molecule has 5 heteroatoms. The van der Waals surface area contributed by atoms with E-state index in [0.29, 0.717) is 19.0 Å². The Hall–Kier alpha value is -1.78. The summed E-state index contributed by atoms with van der Waals surface area (Å²) in [6.45, 7) is 12.9. The van der Waals surface area contributed by atoms with E-state index in [4.69, 9.17) is 4.74 Å². The first-order chi connectivity index (χ1) is 10.3. The number of piperazine rings is 1. The van der Waals surface area contributed by atoms with E-state index in [9.17, 15) is 4.79 Å². The maximum absolute atomic E-state index is 12.0. The molecule has 1 aliphatic heterocycles. The van der Waals surface area contributed by atoms with Crippen LogP contribution in [0.4, 0.5) is 10.6 Å². The van der Waals surface area contributed by atoms with Gasteiger partial charge in [-0.25, -0.2) is 9.78 Å². The molecule has 122 valence electrons. The fourth-order valence-corrected chi connectivity index (χ4v) is 2.37. The Morgan fingerprint density at radius 3 is 2.27 bits per heavy atom. The molecule has 2 heterocycles. The summed E-state index contributed by atoms with van der Waals surface area (Å²) in [4.78, 5) is 20.6. The predicted octanol–water partition coefficient (Wildman–Crippen LogP) is 3.26. The highest BCUT2D eigenvalue weighted by Crippen LogP contribution is 2.19. The van der Waals surface area contributed by atoms with E-state index < -0.39 is 5.60 Å². The first-order valence-corrected chi connectivity index (χ1v) is 7.95. The van der Waals surface area contributed by atoms with Gasteiger partial charge in [-0.05, 0) is 38.3 Å². The molecule has 22 heavy (non-hydrogen) atoms. The summed E-state index contributed by atoms with van der Waals surface area (Å²) in [5, 5.41) is 0. The fraction of sp³-hybridized carbons (Fsp3) is 0.647. The van der Waals surface area contributed by atoms with Crippen LogP contribution in [0.15, 0.2) is 18.3 Å². The van der Waals surface area contributed by atoms with Crippen LogP contribution in [0.25, 0.3) is 0 Å². The number of hydrogen-bond acceptors (Lipinski definition) is 4. The molecule has 1 aromatic heterocycles. The molecular formula is C17H27N3O2. The topological polar surface area (TPSA) is 45.7 Å². The number of carbonyl (C=O) groups excluding carboxylic acids is 1. The molecule has 1 saturated heterocycles. The third-order valence-electron chi connectivity index (χ3n) is 3.69. The lowest BCUT2D eigenvalue weighted by Crippen LogP contribution is -2.50. The van der Waals surface area contributed by atoms with Crippen LogP contribution in [0, 0.1) is 0 Å². The second kappa shape index (κ2) is 6.55. The van der Waals surface area contributed by atoms with Crippen molar-refractivity contribution in [3.05, 3.63) is 23.9 Å². The van der Waals surface area contributed by atoms with Gasteiger partial charge in [0.1, 0.15) is 11.4 Å². The minimum absolute atomic E-state index is 0.227. The van der Waals surface area contributed by atoms with Gasteiger partial charge >= 0.3 is 6.09 Å². The summed E-state index contributed by atoms with van der Waals surface area (Å²) in [7, 11) is 0. The van der Waals surface area contributed by atoms with Gasteiger partial charge in [0, 0.05) is 32.4 Å². The van der Waals surface area contributed by atoms with Crippen LogP contribution in [-0.4, -0.2) is 47.8 Å². The van der Waals surface area contributed by atoms with Crippen LogP contribution in [0.3, 0.4) is 0 Å². The highest BCUT2D eigenvalue weighted by Gasteiger charge is 2.26. The largest absolute Gasteiger partial charge is 0.444 e. The van der Waals surface area contributed by atoms with Gasteiger partial charge in [0.2, 0.25) is 0 Å². The number of anilines is 1. The van der Waals surface area contributed by atoms with Crippen LogP contribution in [0.2, 0.25) is 0 Å². The maximum Gasteiger partial charge on any atom is 0.410 e. The van der Waals surface area contributed by atoms with E-state index in [1.54, 1.807) is 4.90 Å². The molecule has 1 fully saturated rings. The minimum Gasteiger partial charge on any atom is -0.444 e. The third-order valence-corrected chi connectivity index (χ3v) is 3.69. The fourth-order valence-electron chi connectivity index (χ4n) is 2.37. The first kappa shape index (κ1) is 16.6. The molecule has 0 aromatic carbocycles. The monoisotopic (exact) mass is 305 g/mol. The van der Waals surface area contributed by atoms with Gasteiger partial charge in [-0.1, -0.05) is 19.9 Å². The Labute approximate surface area is 133 Å². The van der Waals surface area contributed by atoms with Crippen LogP contribution in [0.1, 0.15) is 46.1 Å². The van der Waals surface area contributed by atoms with Gasteiger partial charge in [-0.2, -0.15) is 0 Å². The van der Waals surface area contributed by atoms with Crippen molar-refractivity contribution in [1.29, 1.82) is 0 Å². The standard InChI is InChI=1S/C17H27N3O2/c1-13(2)14-6-7-15(18-12-14)19-8-10-20(11-9-19)16(21)22-17(3,4)5/h6-7,12-13H,8-11H2,1-5H3. The molecular weight excluding hydrogens is 278 g/mol. The second-order valence-electron chi connectivity index (χ2n) is 7.06. The van der Waals surface area contributed by atoms with Gasteiger partial charge in [0.05, 0.1) is 0 Å². The van der Waals surface area contributed by atoms with Crippen LogP contribution >= 0.6 is 0 Å². The molecule has 0 atom stereocenters. The van der Waals surface area contributed by atoms with E-state index in [2.05, 4.69) is 35.9 Å². The van der Waals surface area contributed by atoms with Crippen molar-refractivity contribution in [3.8, 4) is 0 Å². The maximum atomic E-state index is 12.0. The number of ether oxygens (including phenoxy) is 1. The third kappa shape index (κ3) is 4.36. The molecule has 1 amide bonds. The smallest absolute Gasteiger partial charge is 0.410 e. The molecule has 0 bridgehead atoms. The SMILES string of the molecule is CC(C)c1ccc(N2CCN(C(=O)OC(C)(C)C)CC2)nc1. The van der Waals surface area contributed by atoms with Crippen molar-refractivity contribution in [2.45, 2.75) is 46.1 Å². The lowest BCUT2D eigenvalue weighted by atomic mass is 10.1. The number of pyridine rings is 1. The van der Waals surface area contributed by atoms with Crippen molar-refractivity contribution in [2.24, 2.45) is 0 Å². The normalized spacial score (nSPS) is 16.1. The number of carbonyl (C=O) groups is 1. The molecule has 0 saturated carbocycles. The van der Waals surface area contributed by atoms with E-state index in [1.165, 1.54) is 5.56 Å². The van der Waals surface area contributed by atoms with Gasteiger partial charge < -0.3 is 14.5 Å². The van der Waals surface area contributed by atoms with Gasteiger partial charge in [-0.15, -0.1) is 0 Å². The molecule has 0 aliphatic carbocycles. The van der Waals surface area contributed by atoms with Crippen LogP contribution < -0.4 is 4.90 Å².